The van der Waals surface area contributed by atoms with Crippen molar-refractivity contribution in [3.63, 3.8) is 0 Å². The lowest BCUT2D eigenvalue weighted by atomic mass is 9.81. The van der Waals surface area contributed by atoms with Crippen molar-refractivity contribution in [3.05, 3.63) is 60.2 Å². The highest BCUT2D eigenvalue weighted by Gasteiger charge is 2.39. The standard InChI is InChI=1S/C25H32N4O2/c1-28(2)21-13-11-19(12-14-21)26-24(30)17-29-22-9-6-10-23(29)16-20(15-22)27-25(31)18-7-4-3-5-8-18/h3-5,7-8,11-14,20,22-23H,6,9-10,15-17H2,1-2H3,(H,26,30)(H,27,31)/t20?,22-,23+. The van der Waals surface area contributed by atoms with E-state index >= 15 is 0 Å². The quantitative estimate of drug-likeness (QED) is 0.751. The van der Waals surface area contributed by atoms with Gasteiger partial charge in [0.15, 0.2) is 0 Å². The van der Waals surface area contributed by atoms with Crippen LogP contribution in [0.4, 0.5) is 11.4 Å². The minimum atomic E-state index is -0.00367. The number of nitrogens with one attached hydrogen (secondary N) is 2. The molecule has 0 spiro atoms. The molecule has 4 rings (SSSR count). The third-order valence-corrected chi connectivity index (χ3v) is 6.49. The number of hydrogen-bond donors (Lipinski definition) is 2. The molecule has 2 heterocycles. The molecule has 1 unspecified atom stereocenters. The van der Waals surface area contributed by atoms with E-state index in [0.717, 1.165) is 37.1 Å². The number of piperidine rings is 2. The number of carbonyl (C=O) groups excluding carboxylic acids is 2. The van der Waals surface area contributed by atoms with Gasteiger partial charge >= 0.3 is 0 Å². The summed E-state index contributed by atoms with van der Waals surface area (Å²) in [5.74, 6) is 0.0253. The van der Waals surface area contributed by atoms with Crippen molar-refractivity contribution >= 4 is 23.2 Å². The van der Waals surface area contributed by atoms with Gasteiger partial charge in [-0.15, -0.1) is 0 Å². The summed E-state index contributed by atoms with van der Waals surface area (Å²) < 4.78 is 0. The van der Waals surface area contributed by atoms with Crippen molar-refractivity contribution in [2.24, 2.45) is 0 Å². The number of amides is 2. The summed E-state index contributed by atoms with van der Waals surface area (Å²) in [4.78, 5) is 29.7. The van der Waals surface area contributed by atoms with Gasteiger partial charge < -0.3 is 15.5 Å². The van der Waals surface area contributed by atoms with Crippen LogP contribution in [0.1, 0.15) is 42.5 Å². The Morgan fingerprint density at radius 2 is 1.61 bits per heavy atom. The zero-order chi connectivity index (χ0) is 21.8. The van der Waals surface area contributed by atoms with Gasteiger partial charge in [0.25, 0.3) is 5.91 Å². The van der Waals surface area contributed by atoms with E-state index in [1.807, 2.05) is 73.6 Å². The molecule has 2 aliphatic rings. The lowest BCUT2D eigenvalue weighted by Gasteiger charge is -2.48. The molecule has 2 aromatic carbocycles. The molecule has 0 aliphatic carbocycles. The molecule has 2 aromatic rings. The van der Waals surface area contributed by atoms with Crippen LogP contribution in [0, 0.1) is 0 Å². The van der Waals surface area contributed by atoms with Gasteiger partial charge in [-0.2, -0.15) is 0 Å². The average molecular weight is 421 g/mol. The zero-order valence-corrected chi connectivity index (χ0v) is 18.4. The maximum Gasteiger partial charge on any atom is 0.251 e. The van der Waals surface area contributed by atoms with E-state index in [2.05, 4.69) is 15.5 Å². The first-order valence-electron chi connectivity index (χ1n) is 11.2. The number of benzene rings is 2. The van der Waals surface area contributed by atoms with Crippen molar-refractivity contribution < 1.29 is 9.59 Å². The van der Waals surface area contributed by atoms with Crippen LogP contribution in [0.5, 0.6) is 0 Å². The van der Waals surface area contributed by atoms with Crippen LogP contribution in [0.3, 0.4) is 0 Å². The first-order chi connectivity index (χ1) is 15.0. The minimum Gasteiger partial charge on any atom is -0.378 e. The normalized spacial score (nSPS) is 23.1. The van der Waals surface area contributed by atoms with Crippen LogP contribution in [-0.2, 0) is 4.79 Å². The molecular formula is C25H32N4O2. The molecule has 2 aliphatic heterocycles. The lowest BCUT2D eigenvalue weighted by Crippen LogP contribution is -2.58. The molecule has 6 heteroatoms. The maximum atomic E-state index is 12.7. The number of anilines is 2. The van der Waals surface area contributed by atoms with E-state index in [9.17, 15) is 9.59 Å². The van der Waals surface area contributed by atoms with Crippen LogP contribution in [0.15, 0.2) is 54.6 Å². The fourth-order valence-electron chi connectivity index (χ4n) is 4.92. The van der Waals surface area contributed by atoms with Crippen molar-refractivity contribution in [1.82, 2.24) is 10.2 Å². The summed E-state index contributed by atoms with van der Waals surface area (Å²) in [6, 6.07) is 18.1. The van der Waals surface area contributed by atoms with Gasteiger partial charge in [0, 0.05) is 49.2 Å². The molecule has 3 atom stereocenters. The Bertz CT molecular complexity index is 883. The Morgan fingerprint density at radius 1 is 0.968 bits per heavy atom. The topological polar surface area (TPSA) is 64.7 Å². The molecule has 2 N–H and O–H groups in total. The summed E-state index contributed by atoms with van der Waals surface area (Å²) >= 11 is 0. The Balaban J connectivity index is 1.33. The zero-order valence-electron chi connectivity index (χ0n) is 18.4. The smallest absolute Gasteiger partial charge is 0.251 e. The molecular weight excluding hydrogens is 388 g/mol. The maximum absolute atomic E-state index is 12.7. The Kier molecular flexibility index (Phi) is 6.56. The number of fused-ring (bicyclic) bond motifs is 2. The molecule has 0 saturated carbocycles. The number of rotatable bonds is 6. The lowest BCUT2D eigenvalue weighted by molar-refractivity contribution is -0.120. The van der Waals surface area contributed by atoms with Crippen LogP contribution < -0.4 is 15.5 Å². The van der Waals surface area contributed by atoms with E-state index in [0.29, 0.717) is 24.2 Å². The first-order valence-corrected chi connectivity index (χ1v) is 11.2. The average Bonchev–Trinajstić information content (AvgIpc) is 2.75. The number of carbonyl (C=O) groups is 2. The molecule has 164 valence electrons. The van der Waals surface area contributed by atoms with Gasteiger partial charge in [-0.25, -0.2) is 0 Å². The van der Waals surface area contributed by atoms with Crippen LogP contribution >= 0.6 is 0 Å². The monoisotopic (exact) mass is 420 g/mol. The van der Waals surface area contributed by atoms with Gasteiger partial charge in [0.2, 0.25) is 5.91 Å². The Labute approximate surface area is 184 Å². The van der Waals surface area contributed by atoms with Gasteiger partial charge in [0.05, 0.1) is 6.54 Å². The van der Waals surface area contributed by atoms with Gasteiger partial charge in [-0.3, -0.25) is 14.5 Å². The largest absolute Gasteiger partial charge is 0.378 e. The van der Waals surface area contributed by atoms with Crippen LogP contribution in [0.25, 0.3) is 0 Å². The number of nitrogens with zero attached hydrogens (tertiary/aromatic N) is 2. The molecule has 6 nitrogen and oxygen atoms in total. The summed E-state index contributed by atoms with van der Waals surface area (Å²) in [6.45, 7) is 0.407. The van der Waals surface area contributed by atoms with Crippen molar-refractivity contribution in [1.29, 1.82) is 0 Å². The fourth-order valence-corrected chi connectivity index (χ4v) is 4.92. The van der Waals surface area contributed by atoms with Crippen molar-refractivity contribution in [2.75, 3.05) is 30.9 Å². The summed E-state index contributed by atoms with van der Waals surface area (Å²) in [6.07, 6.45) is 5.16. The highest BCUT2D eigenvalue weighted by molar-refractivity contribution is 5.94. The summed E-state index contributed by atoms with van der Waals surface area (Å²) in [7, 11) is 4.00. The fraction of sp³-hybridized carbons (Fsp3) is 0.440. The molecule has 31 heavy (non-hydrogen) atoms. The molecule has 2 bridgehead atoms. The second kappa shape index (κ2) is 9.52. The Morgan fingerprint density at radius 3 is 2.23 bits per heavy atom. The number of hydrogen-bond acceptors (Lipinski definition) is 4. The second-order valence-corrected chi connectivity index (χ2v) is 8.91. The second-order valence-electron chi connectivity index (χ2n) is 8.91. The predicted molar refractivity (Wildman–Crippen MR) is 124 cm³/mol. The van der Waals surface area contributed by atoms with Gasteiger partial charge in [-0.1, -0.05) is 24.6 Å². The van der Waals surface area contributed by atoms with E-state index in [-0.39, 0.29) is 17.9 Å². The van der Waals surface area contributed by atoms with Gasteiger partial charge in [-0.05, 0) is 62.1 Å². The van der Waals surface area contributed by atoms with E-state index in [1.165, 1.54) is 6.42 Å². The minimum absolute atomic E-state index is 0.00367. The van der Waals surface area contributed by atoms with E-state index in [1.54, 1.807) is 0 Å². The van der Waals surface area contributed by atoms with E-state index < -0.39 is 0 Å². The van der Waals surface area contributed by atoms with Crippen molar-refractivity contribution in [2.45, 2.75) is 50.2 Å². The predicted octanol–water partition coefficient (Wildman–Crippen LogP) is 3.51. The van der Waals surface area contributed by atoms with Gasteiger partial charge in [0.1, 0.15) is 0 Å². The molecule has 2 saturated heterocycles. The summed E-state index contributed by atoms with van der Waals surface area (Å²) in [5, 5.41) is 6.26. The van der Waals surface area contributed by atoms with Crippen LogP contribution in [-0.4, -0.2) is 55.5 Å². The summed E-state index contributed by atoms with van der Waals surface area (Å²) in [5.41, 5.74) is 2.63. The third-order valence-electron chi connectivity index (χ3n) is 6.49. The van der Waals surface area contributed by atoms with E-state index in [4.69, 9.17) is 0 Å². The third kappa shape index (κ3) is 5.25. The highest BCUT2D eigenvalue weighted by Crippen LogP contribution is 2.34. The van der Waals surface area contributed by atoms with Crippen molar-refractivity contribution in [3.8, 4) is 0 Å². The molecule has 0 aromatic heterocycles. The first kappa shape index (κ1) is 21.4. The SMILES string of the molecule is CN(C)c1ccc(NC(=O)CN2[C@@H]3CCC[C@H]2CC(NC(=O)c2ccccc2)C3)cc1. The molecule has 2 fully saturated rings. The highest BCUT2D eigenvalue weighted by atomic mass is 16.2. The molecule has 2 amide bonds. The molecule has 0 radical (unpaired) electrons. The van der Waals surface area contributed by atoms with Crippen LogP contribution in [0.2, 0.25) is 0 Å². The Hall–Kier alpha value is -2.86.